The second-order valence-electron chi connectivity index (χ2n) is 5.60. The number of amides is 2. The third kappa shape index (κ3) is 3.59. The molecule has 0 saturated carbocycles. The van der Waals surface area contributed by atoms with Gasteiger partial charge in [0.25, 0.3) is 0 Å². The maximum absolute atomic E-state index is 12.2. The molecular weight excluding hydrogens is 248 g/mol. The molecule has 2 heterocycles. The van der Waals surface area contributed by atoms with Gasteiger partial charge < -0.3 is 20.0 Å². The number of carbonyl (C=O) groups excluding carboxylic acids is 1. The van der Waals surface area contributed by atoms with Gasteiger partial charge in [-0.15, -0.1) is 0 Å². The Morgan fingerprint density at radius 1 is 1.05 bits per heavy atom. The highest BCUT2D eigenvalue weighted by Gasteiger charge is 2.32. The fraction of sp³-hybridized carbons (Fsp3) is 0.846. The van der Waals surface area contributed by atoms with Crippen molar-refractivity contribution < 1.29 is 19.8 Å². The van der Waals surface area contributed by atoms with E-state index in [-0.39, 0.29) is 25.0 Å². The fourth-order valence-electron chi connectivity index (χ4n) is 2.93. The first-order valence-electron chi connectivity index (χ1n) is 6.96. The largest absolute Gasteiger partial charge is 0.481 e. The van der Waals surface area contributed by atoms with E-state index in [2.05, 4.69) is 0 Å². The van der Waals surface area contributed by atoms with Gasteiger partial charge in [0.05, 0.1) is 0 Å². The smallest absolute Gasteiger partial charge is 0.320 e. The number of likely N-dealkylation sites (tertiary alicyclic amines) is 2. The second kappa shape index (κ2) is 6.23. The first-order chi connectivity index (χ1) is 9.10. The van der Waals surface area contributed by atoms with Gasteiger partial charge in [0.1, 0.15) is 0 Å². The van der Waals surface area contributed by atoms with E-state index in [0.717, 1.165) is 25.9 Å². The van der Waals surface area contributed by atoms with Gasteiger partial charge in [0.2, 0.25) is 0 Å². The molecule has 19 heavy (non-hydrogen) atoms. The van der Waals surface area contributed by atoms with Crippen LogP contribution < -0.4 is 0 Å². The third-order valence-corrected chi connectivity index (χ3v) is 4.14. The molecule has 0 aromatic heterocycles. The minimum Gasteiger partial charge on any atom is -0.481 e. The molecular formula is C13H22N2O4. The zero-order valence-electron chi connectivity index (χ0n) is 11.1. The molecule has 0 aliphatic carbocycles. The first-order valence-corrected chi connectivity index (χ1v) is 6.96. The van der Waals surface area contributed by atoms with Crippen molar-refractivity contribution in [2.24, 2.45) is 11.8 Å². The molecule has 2 atom stereocenters. The molecule has 0 spiro atoms. The predicted octanol–water partition coefficient (Wildman–Crippen LogP) is 0.607. The highest BCUT2D eigenvalue weighted by molar-refractivity contribution is 5.75. The van der Waals surface area contributed by atoms with Crippen molar-refractivity contribution in [2.45, 2.75) is 25.7 Å². The number of aliphatic hydroxyl groups excluding tert-OH is 1. The van der Waals surface area contributed by atoms with Gasteiger partial charge in [-0.3, -0.25) is 4.79 Å². The van der Waals surface area contributed by atoms with Crippen LogP contribution in [-0.2, 0) is 4.79 Å². The van der Waals surface area contributed by atoms with Crippen molar-refractivity contribution in [3.63, 3.8) is 0 Å². The Balaban J connectivity index is 1.77. The van der Waals surface area contributed by atoms with Crippen molar-refractivity contribution >= 4 is 12.0 Å². The highest BCUT2D eigenvalue weighted by atomic mass is 16.4. The van der Waals surface area contributed by atoms with Crippen LogP contribution >= 0.6 is 0 Å². The van der Waals surface area contributed by atoms with Gasteiger partial charge in [0, 0.05) is 45.1 Å². The molecule has 0 radical (unpaired) electrons. The standard InChI is InChI=1S/C13H22N2O4/c16-9-11-4-6-15(8-11)13(19)14-5-3-10(7-14)1-2-12(17)18/h10-11,16H,1-9H2,(H,17,18). The fourth-order valence-corrected chi connectivity index (χ4v) is 2.93. The molecule has 0 aromatic carbocycles. The van der Waals surface area contributed by atoms with E-state index in [1.807, 2.05) is 4.90 Å². The van der Waals surface area contributed by atoms with Crippen LogP contribution in [0.2, 0.25) is 0 Å². The molecule has 6 nitrogen and oxygen atoms in total. The van der Waals surface area contributed by atoms with Crippen LogP contribution in [0.3, 0.4) is 0 Å². The van der Waals surface area contributed by atoms with Crippen LogP contribution in [0.1, 0.15) is 25.7 Å². The maximum atomic E-state index is 12.2. The Labute approximate surface area is 113 Å². The summed E-state index contributed by atoms with van der Waals surface area (Å²) in [6.07, 6.45) is 2.61. The number of rotatable bonds is 4. The van der Waals surface area contributed by atoms with E-state index in [1.54, 1.807) is 4.90 Å². The Hall–Kier alpha value is -1.30. The average Bonchev–Trinajstić information content (AvgIpc) is 3.04. The summed E-state index contributed by atoms with van der Waals surface area (Å²) >= 11 is 0. The van der Waals surface area contributed by atoms with E-state index in [9.17, 15) is 9.59 Å². The minimum absolute atomic E-state index is 0.0498. The maximum Gasteiger partial charge on any atom is 0.320 e. The van der Waals surface area contributed by atoms with Crippen LogP contribution in [0, 0.1) is 11.8 Å². The van der Waals surface area contributed by atoms with Crippen molar-refractivity contribution in [1.29, 1.82) is 0 Å². The highest BCUT2D eigenvalue weighted by Crippen LogP contribution is 2.24. The molecule has 108 valence electrons. The Kier molecular flexibility index (Phi) is 4.63. The summed E-state index contributed by atoms with van der Waals surface area (Å²) in [4.78, 5) is 26.4. The van der Waals surface area contributed by atoms with Crippen LogP contribution in [0.4, 0.5) is 4.79 Å². The zero-order chi connectivity index (χ0) is 13.8. The number of aliphatic hydroxyl groups is 1. The predicted molar refractivity (Wildman–Crippen MR) is 68.7 cm³/mol. The van der Waals surface area contributed by atoms with E-state index >= 15 is 0 Å². The van der Waals surface area contributed by atoms with Gasteiger partial charge in [-0.1, -0.05) is 0 Å². The molecule has 2 rings (SSSR count). The Morgan fingerprint density at radius 2 is 1.63 bits per heavy atom. The van der Waals surface area contributed by atoms with E-state index < -0.39 is 5.97 Å². The van der Waals surface area contributed by atoms with Crippen LogP contribution in [-0.4, -0.2) is 64.8 Å². The molecule has 2 aliphatic rings. The summed E-state index contributed by atoms with van der Waals surface area (Å²) in [5.74, 6) is -0.235. The SMILES string of the molecule is O=C(O)CCC1CCN(C(=O)N2CCC(CO)C2)C1. The monoisotopic (exact) mass is 270 g/mol. The van der Waals surface area contributed by atoms with Crippen LogP contribution in [0.25, 0.3) is 0 Å². The zero-order valence-corrected chi connectivity index (χ0v) is 11.1. The molecule has 2 saturated heterocycles. The molecule has 6 heteroatoms. The van der Waals surface area contributed by atoms with Crippen molar-refractivity contribution in [1.82, 2.24) is 9.80 Å². The quantitative estimate of drug-likeness (QED) is 0.784. The first kappa shape index (κ1) is 14.1. The average molecular weight is 270 g/mol. The summed E-state index contributed by atoms with van der Waals surface area (Å²) in [5.41, 5.74) is 0. The summed E-state index contributed by atoms with van der Waals surface area (Å²) in [6, 6.07) is 0.0498. The van der Waals surface area contributed by atoms with Crippen LogP contribution in [0.15, 0.2) is 0 Å². The van der Waals surface area contributed by atoms with Crippen molar-refractivity contribution in [3.8, 4) is 0 Å². The number of hydrogen-bond donors (Lipinski definition) is 2. The summed E-state index contributed by atoms with van der Waals surface area (Å²) in [5, 5.41) is 17.8. The second-order valence-corrected chi connectivity index (χ2v) is 5.60. The lowest BCUT2D eigenvalue weighted by atomic mass is 10.0. The number of carboxylic acid groups (broad SMARTS) is 1. The summed E-state index contributed by atoms with van der Waals surface area (Å²) < 4.78 is 0. The number of carboxylic acids is 1. The number of urea groups is 1. The topological polar surface area (TPSA) is 81.1 Å². The van der Waals surface area contributed by atoms with Gasteiger partial charge in [0.15, 0.2) is 0 Å². The van der Waals surface area contributed by atoms with Gasteiger partial charge in [-0.2, -0.15) is 0 Å². The number of aliphatic carboxylic acids is 1. The molecule has 2 amide bonds. The molecule has 2 N–H and O–H groups in total. The lowest BCUT2D eigenvalue weighted by molar-refractivity contribution is -0.137. The molecule has 0 aromatic rings. The summed E-state index contributed by atoms with van der Waals surface area (Å²) in [6.45, 7) is 2.91. The number of carbonyl (C=O) groups is 2. The normalized spacial score (nSPS) is 27.0. The summed E-state index contributed by atoms with van der Waals surface area (Å²) in [7, 11) is 0. The van der Waals surface area contributed by atoms with Crippen LogP contribution in [0.5, 0.6) is 0 Å². The Morgan fingerprint density at radius 3 is 2.16 bits per heavy atom. The van der Waals surface area contributed by atoms with Gasteiger partial charge in [-0.05, 0) is 25.2 Å². The molecule has 2 unspecified atom stereocenters. The van der Waals surface area contributed by atoms with E-state index in [4.69, 9.17) is 10.2 Å². The third-order valence-electron chi connectivity index (χ3n) is 4.14. The molecule has 0 bridgehead atoms. The van der Waals surface area contributed by atoms with E-state index in [1.165, 1.54) is 0 Å². The number of nitrogens with zero attached hydrogens (tertiary/aromatic N) is 2. The molecule has 2 fully saturated rings. The minimum atomic E-state index is -0.768. The van der Waals surface area contributed by atoms with E-state index in [0.29, 0.717) is 25.4 Å². The number of hydrogen-bond acceptors (Lipinski definition) is 3. The van der Waals surface area contributed by atoms with Gasteiger partial charge >= 0.3 is 12.0 Å². The molecule has 2 aliphatic heterocycles. The van der Waals surface area contributed by atoms with Crippen molar-refractivity contribution in [2.75, 3.05) is 32.8 Å². The lowest BCUT2D eigenvalue weighted by Gasteiger charge is -2.24. The Bertz CT molecular complexity index is 348. The van der Waals surface area contributed by atoms with Gasteiger partial charge in [-0.25, -0.2) is 4.79 Å². The van der Waals surface area contributed by atoms with Crippen molar-refractivity contribution in [3.05, 3.63) is 0 Å². The lowest BCUT2D eigenvalue weighted by Crippen LogP contribution is -2.41.